The summed E-state index contributed by atoms with van der Waals surface area (Å²) in [5.74, 6) is -0.833. The van der Waals surface area contributed by atoms with Crippen LogP contribution < -0.4 is 10.6 Å². The molecule has 5 nitrogen and oxygen atoms in total. The molecule has 1 amide bonds. The number of nitrogens with one attached hydrogen (secondary N) is 2. The molecule has 0 aromatic heterocycles. The van der Waals surface area contributed by atoms with Crippen molar-refractivity contribution in [1.29, 1.82) is 0 Å². The standard InChI is InChI=1S/C10H18N2O3/c1-7(4-5-9(13)14)12-10(15)8-3-2-6-11-8/h7-8,11H,2-6H2,1H3,(H,12,15)(H,13,14). The molecule has 0 saturated carbocycles. The summed E-state index contributed by atoms with van der Waals surface area (Å²) < 4.78 is 0. The monoisotopic (exact) mass is 214 g/mol. The van der Waals surface area contributed by atoms with Crippen LogP contribution in [0.15, 0.2) is 0 Å². The van der Waals surface area contributed by atoms with Crippen LogP contribution in [0.1, 0.15) is 32.6 Å². The number of hydrogen-bond acceptors (Lipinski definition) is 3. The zero-order chi connectivity index (χ0) is 11.3. The summed E-state index contributed by atoms with van der Waals surface area (Å²) in [5, 5.41) is 14.4. The second kappa shape index (κ2) is 5.70. The Kier molecular flexibility index (Phi) is 4.55. The number of amides is 1. The summed E-state index contributed by atoms with van der Waals surface area (Å²) in [5.41, 5.74) is 0. The van der Waals surface area contributed by atoms with E-state index in [2.05, 4.69) is 10.6 Å². The lowest BCUT2D eigenvalue weighted by molar-refractivity contribution is -0.137. The van der Waals surface area contributed by atoms with Crippen molar-refractivity contribution in [2.45, 2.75) is 44.7 Å². The molecule has 86 valence electrons. The predicted octanol–water partition coefficient (Wildman–Crippen LogP) is 0.108. The topological polar surface area (TPSA) is 78.4 Å². The first-order valence-electron chi connectivity index (χ1n) is 5.35. The van der Waals surface area contributed by atoms with Crippen LogP contribution in [-0.2, 0) is 9.59 Å². The van der Waals surface area contributed by atoms with Crippen molar-refractivity contribution in [2.75, 3.05) is 6.54 Å². The van der Waals surface area contributed by atoms with E-state index in [0.29, 0.717) is 6.42 Å². The van der Waals surface area contributed by atoms with E-state index in [9.17, 15) is 9.59 Å². The molecule has 0 aromatic carbocycles. The van der Waals surface area contributed by atoms with Gasteiger partial charge in [0.2, 0.25) is 5.91 Å². The lowest BCUT2D eigenvalue weighted by Crippen LogP contribution is -2.44. The number of hydrogen-bond donors (Lipinski definition) is 3. The van der Waals surface area contributed by atoms with Crippen LogP contribution in [0.3, 0.4) is 0 Å². The Bertz CT molecular complexity index is 237. The first-order chi connectivity index (χ1) is 7.09. The Morgan fingerprint density at radius 2 is 2.33 bits per heavy atom. The highest BCUT2D eigenvalue weighted by Crippen LogP contribution is 2.05. The van der Waals surface area contributed by atoms with Crippen LogP contribution in [0.25, 0.3) is 0 Å². The van der Waals surface area contributed by atoms with Gasteiger partial charge in [0, 0.05) is 12.5 Å². The van der Waals surface area contributed by atoms with Crippen molar-refractivity contribution in [3.05, 3.63) is 0 Å². The van der Waals surface area contributed by atoms with E-state index >= 15 is 0 Å². The van der Waals surface area contributed by atoms with Crippen molar-refractivity contribution in [3.8, 4) is 0 Å². The Morgan fingerprint density at radius 3 is 2.87 bits per heavy atom. The minimum absolute atomic E-state index is 0.00890. The highest BCUT2D eigenvalue weighted by molar-refractivity contribution is 5.82. The van der Waals surface area contributed by atoms with Crippen molar-refractivity contribution in [2.24, 2.45) is 0 Å². The average molecular weight is 214 g/mol. The molecule has 1 rings (SSSR count). The van der Waals surface area contributed by atoms with Crippen LogP contribution >= 0.6 is 0 Å². The Morgan fingerprint density at radius 1 is 1.60 bits per heavy atom. The Hall–Kier alpha value is -1.10. The lowest BCUT2D eigenvalue weighted by Gasteiger charge is -2.16. The van der Waals surface area contributed by atoms with Gasteiger partial charge in [0.25, 0.3) is 0 Å². The summed E-state index contributed by atoms with van der Waals surface area (Å²) in [6.07, 6.45) is 2.48. The molecule has 3 N–H and O–H groups in total. The maximum Gasteiger partial charge on any atom is 0.303 e. The Labute approximate surface area is 89.2 Å². The fourth-order valence-electron chi connectivity index (χ4n) is 1.66. The molecule has 2 unspecified atom stereocenters. The fraction of sp³-hybridized carbons (Fsp3) is 0.800. The number of rotatable bonds is 5. The van der Waals surface area contributed by atoms with Crippen LogP contribution in [-0.4, -0.2) is 35.6 Å². The summed E-state index contributed by atoms with van der Waals surface area (Å²) >= 11 is 0. The van der Waals surface area contributed by atoms with Crippen LogP contribution in [0, 0.1) is 0 Å². The van der Waals surface area contributed by atoms with Gasteiger partial charge in [-0.2, -0.15) is 0 Å². The molecule has 1 heterocycles. The third-order valence-corrected chi connectivity index (χ3v) is 2.56. The van der Waals surface area contributed by atoms with Gasteiger partial charge in [-0.1, -0.05) is 0 Å². The third-order valence-electron chi connectivity index (χ3n) is 2.56. The summed E-state index contributed by atoms with van der Waals surface area (Å²) in [6, 6.07) is -0.159. The van der Waals surface area contributed by atoms with Gasteiger partial charge in [-0.05, 0) is 32.7 Å². The van der Waals surface area contributed by atoms with Gasteiger partial charge in [-0.25, -0.2) is 0 Å². The third kappa shape index (κ3) is 4.29. The lowest BCUT2D eigenvalue weighted by atomic mass is 10.1. The van der Waals surface area contributed by atoms with Crippen LogP contribution in [0.5, 0.6) is 0 Å². The fourth-order valence-corrected chi connectivity index (χ4v) is 1.66. The van der Waals surface area contributed by atoms with E-state index in [1.54, 1.807) is 0 Å². The predicted molar refractivity (Wildman–Crippen MR) is 55.5 cm³/mol. The van der Waals surface area contributed by atoms with Crippen LogP contribution in [0.2, 0.25) is 0 Å². The van der Waals surface area contributed by atoms with E-state index in [-0.39, 0.29) is 24.4 Å². The quantitative estimate of drug-likeness (QED) is 0.607. The second-order valence-electron chi connectivity index (χ2n) is 3.99. The molecular formula is C10H18N2O3. The summed E-state index contributed by atoms with van der Waals surface area (Å²) in [6.45, 7) is 2.72. The van der Waals surface area contributed by atoms with Gasteiger partial charge in [0.05, 0.1) is 6.04 Å². The molecule has 1 fully saturated rings. The Balaban J connectivity index is 2.21. The zero-order valence-corrected chi connectivity index (χ0v) is 8.95. The molecule has 0 aliphatic carbocycles. The van der Waals surface area contributed by atoms with E-state index in [1.165, 1.54) is 0 Å². The van der Waals surface area contributed by atoms with Gasteiger partial charge in [-0.3, -0.25) is 9.59 Å². The van der Waals surface area contributed by atoms with Crippen molar-refractivity contribution in [3.63, 3.8) is 0 Å². The molecule has 2 atom stereocenters. The number of carbonyl (C=O) groups excluding carboxylic acids is 1. The average Bonchev–Trinajstić information content (AvgIpc) is 2.67. The van der Waals surface area contributed by atoms with Crippen molar-refractivity contribution < 1.29 is 14.7 Å². The highest BCUT2D eigenvalue weighted by Gasteiger charge is 2.22. The molecule has 1 saturated heterocycles. The maximum absolute atomic E-state index is 11.6. The van der Waals surface area contributed by atoms with Crippen LogP contribution in [0.4, 0.5) is 0 Å². The summed E-state index contributed by atoms with van der Waals surface area (Å²) in [4.78, 5) is 21.9. The van der Waals surface area contributed by atoms with Crippen molar-refractivity contribution in [1.82, 2.24) is 10.6 Å². The smallest absolute Gasteiger partial charge is 0.303 e. The highest BCUT2D eigenvalue weighted by atomic mass is 16.4. The minimum Gasteiger partial charge on any atom is -0.481 e. The molecule has 0 aromatic rings. The molecule has 0 radical (unpaired) electrons. The molecular weight excluding hydrogens is 196 g/mol. The van der Waals surface area contributed by atoms with Crippen molar-refractivity contribution >= 4 is 11.9 Å². The number of carbonyl (C=O) groups is 2. The molecule has 0 bridgehead atoms. The van der Waals surface area contributed by atoms with E-state index < -0.39 is 5.97 Å². The van der Waals surface area contributed by atoms with E-state index in [1.807, 2.05) is 6.92 Å². The first kappa shape index (κ1) is 12.0. The molecule has 15 heavy (non-hydrogen) atoms. The molecule has 1 aliphatic heterocycles. The van der Waals surface area contributed by atoms with Gasteiger partial charge in [-0.15, -0.1) is 0 Å². The number of carboxylic acids is 1. The van der Waals surface area contributed by atoms with Gasteiger partial charge < -0.3 is 15.7 Å². The van der Waals surface area contributed by atoms with Gasteiger partial charge >= 0.3 is 5.97 Å². The normalized spacial score (nSPS) is 22.3. The van der Waals surface area contributed by atoms with E-state index in [0.717, 1.165) is 19.4 Å². The largest absolute Gasteiger partial charge is 0.481 e. The molecule has 0 spiro atoms. The minimum atomic E-state index is -0.824. The SMILES string of the molecule is CC(CCC(=O)O)NC(=O)C1CCCN1. The second-order valence-corrected chi connectivity index (χ2v) is 3.99. The molecule has 1 aliphatic rings. The van der Waals surface area contributed by atoms with Gasteiger partial charge in [0.1, 0.15) is 0 Å². The maximum atomic E-state index is 11.6. The number of carboxylic acid groups (broad SMARTS) is 1. The first-order valence-corrected chi connectivity index (χ1v) is 5.35. The molecule has 5 heteroatoms. The summed E-state index contributed by atoms with van der Waals surface area (Å²) in [7, 11) is 0. The number of aliphatic carboxylic acids is 1. The van der Waals surface area contributed by atoms with E-state index in [4.69, 9.17) is 5.11 Å². The van der Waals surface area contributed by atoms with Gasteiger partial charge in [0.15, 0.2) is 0 Å². The zero-order valence-electron chi connectivity index (χ0n) is 8.95.